The van der Waals surface area contributed by atoms with Crippen LogP contribution in [0.4, 0.5) is 14.5 Å². The third-order valence-electron chi connectivity index (χ3n) is 7.27. The van der Waals surface area contributed by atoms with Crippen molar-refractivity contribution in [2.45, 2.75) is 55.3 Å². The molecule has 1 aliphatic heterocycles. The smallest absolute Gasteiger partial charge is 0.291 e. The molecule has 1 aliphatic carbocycles. The van der Waals surface area contributed by atoms with Gasteiger partial charge in [-0.05, 0) is 38.8 Å². The Balaban J connectivity index is 1.67. The minimum absolute atomic E-state index is 0.0865. The number of halogens is 2. The van der Waals surface area contributed by atoms with Crippen molar-refractivity contribution in [2.75, 3.05) is 44.8 Å². The number of rotatable bonds is 11. The van der Waals surface area contributed by atoms with Crippen LogP contribution in [0.15, 0.2) is 17.0 Å². The molecule has 0 atom stereocenters. The first-order chi connectivity index (χ1) is 19.8. The van der Waals surface area contributed by atoms with E-state index in [9.17, 15) is 30.9 Å². The van der Waals surface area contributed by atoms with Crippen LogP contribution in [0.2, 0.25) is 0 Å². The number of nitrogens with one attached hydrogen (secondary N) is 1. The first kappa shape index (κ1) is 30.6. The molecule has 3 aromatic rings. The van der Waals surface area contributed by atoms with Crippen LogP contribution < -0.4 is 9.62 Å². The monoisotopic (exact) mass is 644 g/mol. The first-order valence-electron chi connectivity index (χ1n) is 13.2. The average molecular weight is 645 g/mol. The van der Waals surface area contributed by atoms with Crippen LogP contribution in [0.3, 0.4) is 0 Å². The van der Waals surface area contributed by atoms with Crippen LogP contribution in [0.1, 0.15) is 38.1 Å². The van der Waals surface area contributed by atoms with Crippen LogP contribution in [0.25, 0.3) is 21.6 Å². The number of anilines is 1. The molecule has 0 spiro atoms. The van der Waals surface area contributed by atoms with Crippen LogP contribution in [-0.2, 0) is 31.3 Å². The Hall–Kier alpha value is -2.82. The van der Waals surface area contributed by atoms with E-state index in [1.54, 1.807) is 18.5 Å². The molecule has 228 valence electrons. The molecule has 42 heavy (non-hydrogen) atoms. The molecule has 0 bridgehead atoms. The number of ether oxygens (including phenoxy) is 1. The number of sulfonamides is 2. The van der Waals surface area contributed by atoms with Gasteiger partial charge in [-0.15, -0.1) is 10.2 Å². The highest BCUT2D eigenvalue weighted by molar-refractivity contribution is 7.89. The molecule has 13 nitrogen and oxygen atoms in total. The van der Waals surface area contributed by atoms with Gasteiger partial charge in [-0.25, -0.2) is 25.6 Å². The van der Waals surface area contributed by atoms with Gasteiger partial charge in [0, 0.05) is 38.7 Å². The minimum atomic E-state index is -4.20. The predicted molar refractivity (Wildman–Crippen MR) is 151 cm³/mol. The second-order valence-electron chi connectivity index (χ2n) is 10.4. The van der Waals surface area contributed by atoms with E-state index >= 15 is 0 Å². The second-order valence-corrected chi connectivity index (χ2v) is 15.6. The van der Waals surface area contributed by atoms with Gasteiger partial charge in [0.1, 0.15) is 11.2 Å². The molecule has 0 radical (unpaired) electrons. The molecule has 1 saturated heterocycles. The highest BCUT2D eigenvalue weighted by atomic mass is 32.2. The second kappa shape index (κ2) is 11.4. The minimum Gasteiger partial charge on any atom is -0.383 e. The van der Waals surface area contributed by atoms with Crippen molar-refractivity contribution in [3.8, 4) is 16.8 Å². The van der Waals surface area contributed by atoms with Crippen LogP contribution >= 0.6 is 11.3 Å². The van der Waals surface area contributed by atoms with E-state index in [4.69, 9.17) is 4.74 Å². The molecule has 2 aliphatic rings. The highest BCUT2D eigenvalue weighted by Gasteiger charge is 2.47. The summed E-state index contributed by atoms with van der Waals surface area (Å²) >= 11 is 0.656. The molecule has 2 aromatic heterocycles. The van der Waals surface area contributed by atoms with E-state index in [0.717, 1.165) is 0 Å². The lowest BCUT2D eigenvalue weighted by molar-refractivity contribution is 0.150. The van der Waals surface area contributed by atoms with Crippen molar-refractivity contribution in [3.05, 3.63) is 17.1 Å². The fraction of sp³-hybridized carbons (Fsp3) is 0.583. The number of benzene rings is 1. The molecular weight excluding hydrogens is 615 g/mol. The topological polar surface area (TPSA) is 163 Å². The summed E-state index contributed by atoms with van der Waals surface area (Å²) < 4.78 is 90.2. The maximum atomic E-state index is 13.6. The van der Waals surface area contributed by atoms with Crippen molar-refractivity contribution in [2.24, 2.45) is 0 Å². The van der Waals surface area contributed by atoms with Gasteiger partial charge in [-0.3, -0.25) is 4.68 Å². The molecule has 18 heteroatoms. The average Bonchev–Trinajstić information content (AvgIpc) is 3.37. The van der Waals surface area contributed by atoms with Gasteiger partial charge in [0.25, 0.3) is 6.43 Å². The number of alkyl halides is 2. The number of methoxy groups -OCH3 is 1. The summed E-state index contributed by atoms with van der Waals surface area (Å²) in [5.74, 6) is 0. The predicted octanol–water partition coefficient (Wildman–Crippen LogP) is 2.33. The summed E-state index contributed by atoms with van der Waals surface area (Å²) in [7, 11) is -6.18. The number of piperazine rings is 1. The van der Waals surface area contributed by atoms with Crippen LogP contribution in [0, 0.1) is 11.3 Å². The summed E-state index contributed by atoms with van der Waals surface area (Å²) in [6, 6.07) is 4.89. The summed E-state index contributed by atoms with van der Waals surface area (Å²) in [5.41, 5.74) is -0.0332. The van der Waals surface area contributed by atoms with E-state index < -0.39 is 42.3 Å². The van der Waals surface area contributed by atoms with Gasteiger partial charge in [0.2, 0.25) is 20.0 Å². The van der Waals surface area contributed by atoms with E-state index in [0.29, 0.717) is 40.8 Å². The number of hydrogen-bond donors (Lipinski definition) is 1. The maximum Gasteiger partial charge on any atom is 0.291 e. The fourth-order valence-electron chi connectivity index (χ4n) is 4.74. The number of fused-ring (bicyclic) bond motifs is 1. The Morgan fingerprint density at radius 1 is 1.14 bits per heavy atom. The quantitative estimate of drug-likeness (QED) is 0.328. The lowest BCUT2D eigenvalue weighted by atomic mass is 10.1. The van der Waals surface area contributed by atoms with Gasteiger partial charge < -0.3 is 9.64 Å². The SMILES string of the molecule is COCCn1nc(-c2nnc(C(F)F)s2)c2cc(S(=O)(=O)NC3(C#N)CC3)cc(N3CCN(S(=O)(=O)C(C)C)CC3)c21. The van der Waals surface area contributed by atoms with Crippen LogP contribution in [-0.4, -0.2) is 91.8 Å². The van der Waals surface area contributed by atoms with Crippen molar-refractivity contribution in [1.29, 1.82) is 5.26 Å². The number of nitriles is 1. The fourth-order valence-corrected chi connectivity index (χ4v) is 8.13. The van der Waals surface area contributed by atoms with Gasteiger partial charge in [-0.1, -0.05) is 11.3 Å². The Labute approximate surface area is 246 Å². The van der Waals surface area contributed by atoms with E-state index in [1.807, 2.05) is 11.0 Å². The largest absolute Gasteiger partial charge is 0.383 e. The molecule has 0 unspecified atom stereocenters. The molecule has 3 heterocycles. The summed E-state index contributed by atoms with van der Waals surface area (Å²) in [5, 5.41) is 21.0. The van der Waals surface area contributed by atoms with Crippen molar-refractivity contribution in [1.82, 2.24) is 29.0 Å². The number of hydrogen-bond acceptors (Lipinski definition) is 11. The molecule has 5 rings (SSSR count). The molecule has 0 amide bonds. The van der Waals surface area contributed by atoms with Gasteiger partial charge in [0.15, 0.2) is 10.0 Å². The lowest BCUT2D eigenvalue weighted by Gasteiger charge is -2.36. The third-order valence-corrected chi connectivity index (χ3v) is 12.0. The van der Waals surface area contributed by atoms with Crippen LogP contribution in [0.5, 0.6) is 0 Å². The summed E-state index contributed by atoms with van der Waals surface area (Å²) in [6.07, 6.45) is -2.08. The summed E-state index contributed by atoms with van der Waals surface area (Å²) in [4.78, 5) is 1.74. The molecule has 2 fully saturated rings. The van der Waals surface area contributed by atoms with E-state index in [1.165, 1.54) is 23.5 Å². The van der Waals surface area contributed by atoms with Gasteiger partial charge >= 0.3 is 0 Å². The number of aromatic nitrogens is 4. The molecule has 1 N–H and O–H groups in total. The Kier molecular flexibility index (Phi) is 8.28. The standard InChI is InChI=1S/C24H30F2N8O5S3/c1-15(2)42(37,38)33-8-6-32(7-9-33)18-13-16(41(35,36)31-24(14-27)4-5-24)12-17-19(22-28-29-23(40-22)21(25)26)30-34(20(17)18)10-11-39-3/h12-13,15,21,31H,4-11H2,1-3H3. The Bertz CT molecular complexity index is 1740. The van der Waals surface area contributed by atoms with E-state index in [2.05, 4.69) is 20.0 Å². The number of nitrogens with zero attached hydrogens (tertiary/aromatic N) is 7. The molecule has 1 saturated carbocycles. The van der Waals surface area contributed by atoms with Crippen molar-refractivity contribution < 1.29 is 30.4 Å². The van der Waals surface area contributed by atoms with Crippen molar-refractivity contribution in [3.63, 3.8) is 0 Å². The van der Waals surface area contributed by atoms with E-state index in [-0.39, 0.29) is 54.9 Å². The molecule has 1 aromatic carbocycles. The zero-order chi connectivity index (χ0) is 30.4. The van der Waals surface area contributed by atoms with Crippen molar-refractivity contribution >= 4 is 48.0 Å². The Morgan fingerprint density at radius 2 is 1.83 bits per heavy atom. The highest BCUT2D eigenvalue weighted by Crippen LogP contribution is 2.41. The lowest BCUT2D eigenvalue weighted by Crippen LogP contribution is -2.50. The zero-order valence-corrected chi connectivity index (χ0v) is 25.6. The maximum absolute atomic E-state index is 13.6. The first-order valence-corrected chi connectivity index (χ1v) is 17.0. The summed E-state index contributed by atoms with van der Waals surface area (Å²) in [6.45, 7) is 4.62. The normalized spacial score (nSPS) is 17.8. The molecular formula is C24H30F2N8O5S3. The third kappa shape index (κ3) is 5.73. The Morgan fingerprint density at radius 3 is 2.38 bits per heavy atom. The zero-order valence-electron chi connectivity index (χ0n) is 23.1. The van der Waals surface area contributed by atoms with Gasteiger partial charge in [0.05, 0.1) is 40.6 Å². The van der Waals surface area contributed by atoms with Gasteiger partial charge in [-0.2, -0.15) is 19.4 Å².